The van der Waals surface area contributed by atoms with Crippen molar-refractivity contribution in [2.45, 2.75) is 51.9 Å². The number of likely N-dealkylation sites (N-methyl/N-ethyl adjacent to an activating group) is 1. The normalized spacial score (nSPS) is 13.6. The first kappa shape index (κ1) is 21.4. The van der Waals surface area contributed by atoms with Crippen LogP contribution in [-0.2, 0) is 22.4 Å². The fourth-order valence-corrected chi connectivity index (χ4v) is 4.57. The van der Waals surface area contributed by atoms with Crippen molar-refractivity contribution in [1.82, 2.24) is 9.80 Å². The van der Waals surface area contributed by atoms with Crippen LogP contribution < -0.4 is 5.32 Å². The molecular formula is C20H30N4O2S. The van der Waals surface area contributed by atoms with Gasteiger partial charge in [-0.25, -0.2) is 0 Å². The predicted octanol–water partition coefficient (Wildman–Crippen LogP) is 3.02. The number of nitrogens with zero attached hydrogens (tertiary/aromatic N) is 3. The highest BCUT2D eigenvalue weighted by atomic mass is 32.1. The number of nitriles is 1. The molecule has 7 heteroatoms. The van der Waals surface area contributed by atoms with Gasteiger partial charge in [0.15, 0.2) is 0 Å². The highest BCUT2D eigenvalue weighted by molar-refractivity contribution is 7.16. The Bertz CT molecular complexity index is 706. The van der Waals surface area contributed by atoms with E-state index in [2.05, 4.69) is 18.3 Å². The number of hydrogen-bond acceptors (Lipinski definition) is 5. The van der Waals surface area contributed by atoms with E-state index in [4.69, 9.17) is 0 Å². The minimum atomic E-state index is -0.0960. The lowest BCUT2D eigenvalue weighted by atomic mass is 10.1. The second-order valence-corrected chi connectivity index (χ2v) is 8.35. The van der Waals surface area contributed by atoms with E-state index >= 15 is 0 Å². The summed E-state index contributed by atoms with van der Waals surface area (Å²) in [7, 11) is 3.48. The molecule has 6 nitrogen and oxygen atoms in total. The lowest BCUT2D eigenvalue weighted by Crippen LogP contribution is -2.38. The summed E-state index contributed by atoms with van der Waals surface area (Å²) in [5.74, 6) is -0.0565. The number of rotatable bonds is 8. The molecule has 0 aliphatic heterocycles. The standard InChI is InChI=1S/C20H30N4O2S/c1-4-11-24(14-19(26)23(2)3)12-10-18(25)22-20-16(13-21)15-8-6-5-7-9-17(15)27-20/h4-12,14H2,1-3H3,(H,22,25). The molecule has 1 aromatic heterocycles. The first-order chi connectivity index (χ1) is 13.0. The summed E-state index contributed by atoms with van der Waals surface area (Å²) in [5.41, 5.74) is 1.79. The number of fused-ring (bicyclic) bond motifs is 1. The molecule has 27 heavy (non-hydrogen) atoms. The highest BCUT2D eigenvalue weighted by Crippen LogP contribution is 2.36. The van der Waals surface area contributed by atoms with Gasteiger partial charge in [0.25, 0.3) is 0 Å². The molecule has 0 unspecified atom stereocenters. The molecule has 0 bridgehead atoms. The van der Waals surface area contributed by atoms with Crippen molar-refractivity contribution in [3.8, 4) is 6.07 Å². The van der Waals surface area contributed by atoms with E-state index < -0.39 is 0 Å². The summed E-state index contributed by atoms with van der Waals surface area (Å²) >= 11 is 1.56. The summed E-state index contributed by atoms with van der Waals surface area (Å²) in [5, 5.41) is 13.2. The molecule has 0 aromatic carbocycles. The van der Waals surface area contributed by atoms with E-state index in [0.717, 1.165) is 44.2 Å². The maximum atomic E-state index is 12.5. The summed E-state index contributed by atoms with van der Waals surface area (Å²) in [6, 6.07) is 2.30. The van der Waals surface area contributed by atoms with Crippen molar-refractivity contribution in [2.24, 2.45) is 0 Å². The van der Waals surface area contributed by atoms with Crippen molar-refractivity contribution in [3.63, 3.8) is 0 Å². The molecule has 1 aliphatic rings. The summed E-state index contributed by atoms with van der Waals surface area (Å²) in [6.45, 7) is 3.70. The number of anilines is 1. The van der Waals surface area contributed by atoms with Crippen LogP contribution in [0.2, 0.25) is 0 Å². The smallest absolute Gasteiger partial charge is 0.236 e. The molecule has 1 aliphatic carbocycles. The Morgan fingerprint density at radius 3 is 2.59 bits per heavy atom. The van der Waals surface area contributed by atoms with Crippen LogP contribution in [-0.4, -0.2) is 55.3 Å². The third kappa shape index (κ3) is 6.05. The minimum absolute atomic E-state index is 0.0395. The van der Waals surface area contributed by atoms with Crippen LogP contribution in [0.3, 0.4) is 0 Å². The molecule has 1 heterocycles. The molecular weight excluding hydrogens is 360 g/mol. The zero-order valence-corrected chi connectivity index (χ0v) is 17.5. The quantitative estimate of drug-likeness (QED) is 0.692. The molecule has 148 valence electrons. The average molecular weight is 391 g/mol. The Hall–Kier alpha value is -1.91. The second kappa shape index (κ2) is 10.4. The Labute approximate surface area is 166 Å². The van der Waals surface area contributed by atoms with Gasteiger partial charge in [0.05, 0.1) is 12.1 Å². The molecule has 0 atom stereocenters. The predicted molar refractivity (Wildman–Crippen MR) is 109 cm³/mol. The molecule has 1 aromatic rings. The molecule has 0 saturated carbocycles. The van der Waals surface area contributed by atoms with E-state index in [0.29, 0.717) is 30.1 Å². The number of thiophene rings is 1. The number of amides is 2. The van der Waals surface area contributed by atoms with Gasteiger partial charge in [0, 0.05) is 31.9 Å². The number of carbonyl (C=O) groups is 2. The van der Waals surface area contributed by atoms with Gasteiger partial charge in [-0.3, -0.25) is 14.5 Å². The maximum absolute atomic E-state index is 12.5. The molecule has 1 N–H and O–H groups in total. The zero-order valence-electron chi connectivity index (χ0n) is 16.6. The van der Waals surface area contributed by atoms with Crippen LogP contribution in [0.25, 0.3) is 0 Å². The van der Waals surface area contributed by atoms with E-state index in [-0.39, 0.29) is 11.8 Å². The first-order valence-electron chi connectivity index (χ1n) is 9.73. The summed E-state index contributed by atoms with van der Waals surface area (Å²) in [4.78, 5) is 29.2. The van der Waals surface area contributed by atoms with Gasteiger partial charge < -0.3 is 10.2 Å². The van der Waals surface area contributed by atoms with Crippen LogP contribution in [0.1, 0.15) is 55.0 Å². The van der Waals surface area contributed by atoms with Crippen LogP contribution in [0, 0.1) is 11.3 Å². The topological polar surface area (TPSA) is 76.4 Å². The highest BCUT2D eigenvalue weighted by Gasteiger charge is 2.21. The van der Waals surface area contributed by atoms with E-state index in [9.17, 15) is 14.9 Å². The number of hydrogen-bond donors (Lipinski definition) is 1. The van der Waals surface area contributed by atoms with Crippen LogP contribution in [0.5, 0.6) is 0 Å². The van der Waals surface area contributed by atoms with Gasteiger partial charge in [-0.1, -0.05) is 13.3 Å². The summed E-state index contributed by atoms with van der Waals surface area (Å²) in [6.07, 6.45) is 6.64. The van der Waals surface area contributed by atoms with Crippen LogP contribution >= 0.6 is 11.3 Å². The van der Waals surface area contributed by atoms with E-state index in [1.54, 1.807) is 30.3 Å². The van der Waals surface area contributed by atoms with Gasteiger partial charge in [-0.05, 0) is 44.2 Å². The SMILES string of the molecule is CCCN(CCC(=O)Nc1sc2c(c1C#N)CCCCC2)CC(=O)N(C)C. The number of carbonyl (C=O) groups excluding carboxylic acids is 2. The van der Waals surface area contributed by atoms with Crippen molar-refractivity contribution >= 4 is 28.2 Å². The van der Waals surface area contributed by atoms with Gasteiger partial charge in [0.1, 0.15) is 11.1 Å². The minimum Gasteiger partial charge on any atom is -0.348 e. The van der Waals surface area contributed by atoms with Crippen molar-refractivity contribution in [2.75, 3.05) is 39.0 Å². The van der Waals surface area contributed by atoms with Crippen LogP contribution in [0.15, 0.2) is 0 Å². The van der Waals surface area contributed by atoms with Gasteiger partial charge in [-0.2, -0.15) is 5.26 Å². The molecule has 2 amide bonds. The number of aryl methyl sites for hydroxylation is 1. The van der Waals surface area contributed by atoms with Gasteiger partial charge in [0.2, 0.25) is 11.8 Å². The largest absolute Gasteiger partial charge is 0.348 e. The molecule has 0 saturated heterocycles. The Kier molecular flexibility index (Phi) is 8.26. The molecule has 0 fully saturated rings. The maximum Gasteiger partial charge on any atom is 0.236 e. The monoisotopic (exact) mass is 390 g/mol. The lowest BCUT2D eigenvalue weighted by Gasteiger charge is -2.22. The Morgan fingerprint density at radius 1 is 1.19 bits per heavy atom. The third-order valence-electron chi connectivity index (χ3n) is 4.84. The number of nitrogens with one attached hydrogen (secondary N) is 1. The van der Waals surface area contributed by atoms with E-state index in [1.165, 1.54) is 11.3 Å². The van der Waals surface area contributed by atoms with Gasteiger partial charge >= 0.3 is 0 Å². The summed E-state index contributed by atoms with van der Waals surface area (Å²) < 4.78 is 0. The van der Waals surface area contributed by atoms with Crippen molar-refractivity contribution in [1.29, 1.82) is 5.26 Å². The zero-order chi connectivity index (χ0) is 19.8. The Morgan fingerprint density at radius 2 is 1.93 bits per heavy atom. The lowest BCUT2D eigenvalue weighted by molar-refractivity contribution is -0.130. The van der Waals surface area contributed by atoms with E-state index in [1.807, 2.05) is 4.90 Å². The van der Waals surface area contributed by atoms with Crippen molar-refractivity contribution < 1.29 is 9.59 Å². The Balaban J connectivity index is 1.97. The van der Waals surface area contributed by atoms with Crippen molar-refractivity contribution in [3.05, 3.63) is 16.0 Å². The third-order valence-corrected chi connectivity index (χ3v) is 6.05. The second-order valence-electron chi connectivity index (χ2n) is 7.24. The fourth-order valence-electron chi connectivity index (χ4n) is 3.32. The molecule has 0 radical (unpaired) electrons. The van der Waals surface area contributed by atoms with Crippen LogP contribution in [0.4, 0.5) is 5.00 Å². The van der Waals surface area contributed by atoms with Gasteiger partial charge in [-0.15, -0.1) is 11.3 Å². The molecule has 2 rings (SSSR count). The molecule has 0 spiro atoms. The average Bonchev–Trinajstić information content (AvgIpc) is 2.79. The first-order valence-corrected chi connectivity index (χ1v) is 10.5. The fraction of sp³-hybridized carbons (Fsp3) is 0.650.